The molecule has 3 nitrogen and oxygen atoms in total. The molecule has 20 heavy (non-hydrogen) atoms. The molecule has 0 aromatic heterocycles. The maximum atomic E-state index is 6.29. The Bertz CT molecular complexity index is 646. The molecule has 0 bridgehead atoms. The van der Waals surface area contributed by atoms with Crippen LogP contribution in [0.2, 0.25) is 10.0 Å². The van der Waals surface area contributed by atoms with Crippen LogP contribution in [0.4, 0.5) is 5.69 Å². The van der Waals surface area contributed by atoms with Crippen molar-refractivity contribution >= 4 is 28.9 Å². The Labute approximate surface area is 127 Å². The van der Waals surface area contributed by atoms with E-state index in [0.717, 1.165) is 22.6 Å². The number of rotatable bonds is 2. The molecule has 2 aromatic rings. The average molecular weight is 309 g/mol. The summed E-state index contributed by atoms with van der Waals surface area (Å²) in [6.45, 7) is 1.04. The van der Waals surface area contributed by atoms with Gasteiger partial charge in [0.2, 0.25) is 0 Å². The number of fused-ring (bicyclic) bond motifs is 1. The number of anilines is 1. The van der Waals surface area contributed by atoms with E-state index in [4.69, 9.17) is 33.7 Å². The molecule has 0 radical (unpaired) electrons. The van der Waals surface area contributed by atoms with Crippen LogP contribution in [0.15, 0.2) is 36.4 Å². The molecule has 0 aliphatic carbocycles. The molecule has 2 aromatic carbocycles. The van der Waals surface area contributed by atoms with Gasteiger partial charge in [0, 0.05) is 33.8 Å². The molecule has 5 heteroatoms. The second-order valence-electron chi connectivity index (χ2n) is 4.69. The van der Waals surface area contributed by atoms with Crippen molar-refractivity contribution in [1.29, 1.82) is 0 Å². The van der Waals surface area contributed by atoms with E-state index >= 15 is 0 Å². The largest absolute Gasteiger partial charge is 0.489 e. The molecule has 3 N–H and O–H groups in total. The van der Waals surface area contributed by atoms with Gasteiger partial charge in [0.1, 0.15) is 12.4 Å². The van der Waals surface area contributed by atoms with Crippen molar-refractivity contribution in [2.24, 2.45) is 5.73 Å². The lowest BCUT2D eigenvalue weighted by molar-refractivity contribution is 0.287. The van der Waals surface area contributed by atoms with Crippen LogP contribution in [0, 0.1) is 0 Å². The van der Waals surface area contributed by atoms with Crippen molar-refractivity contribution in [2.75, 3.05) is 18.5 Å². The first-order valence-corrected chi connectivity index (χ1v) is 7.12. The van der Waals surface area contributed by atoms with Crippen molar-refractivity contribution in [3.8, 4) is 16.9 Å². The maximum absolute atomic E-state index is 6.29. The molecule has 0 amide bonds. The van der Waals surface area contributed by atoms with Gasteiger partial charge in [-0.05, 0) is 12.1 Å². The van der Waals surface area contributed by atoms with Crippen LogP contribution in [0.3, 0.4) is 0 Å². The first-order chi connectivity index (χ1) is 9.69. The van der Waals surface area contributed by atoms with Crippen molar-refractivity contribution in [1.82, 2.24) is 0 Å². The third-order valence-electron chi connectivity index (χ3n) is 3.30. The van der Waals surface area contributed by atoms with E-state index in [0.29, 0.717) is 23.2 Å². The molecule has 0 saturated carbocycles. The Kier molecular flexibility index (Phi) is 3.74. The highest BCUT2D eigenvalue weighted by Crippen LogP contribution is 2.43. The summed E-state index contributed by atoms with van der Waals surface area (Å²) in [5, 5.41) is 4.69. The highest BCUT2D eigenvalue weighted by molar-refractivity contribution is 6.34. The third-order valence-corrected chi connectivity index (χ3v) is 3.85. The smallest absolute Gasteiger partial charge is 0.144 e. The normalized spacial score (nSPS) is 17.1. The number of halogens is 2. The van der Waals surface area contributed by atoms with Gasteiger partial charge in [-0.25, -0.2) is 0 Å². The zero-order valence-corrected chi connectivity index (χ0v) is 12.2. The van der Waals surface area contributed by atoms with Crippen LogP contribution in [0.1, 0.15) is 0 Å². The van der Waals surface area contributed by atoms with E-state index in [1.807, 2.05) is 30.3 Å². The van der Waals surface area contributed by atoms with Gasteiger partial charge in [-0.15, -0.1) is 0 Å². The molecule has 0 unspecified atom stereocenters. The lowest BCUT2D eigenvalue weighted by atomic mass is 10.0. The number of nitrogens with two attached hydrogens (primary N) is 1. The number of ether oxygens (including phenoxy) is 1. The first-order valence-electron chi connectivity index (χ1n) is 6.37. The Morgan fingerprint density at radius 2 is 2.00 bits per heavy atom. The van der Waals surface area contributed by atoms with Crippen molar-refractivity contribution in [3.05, 3.63) is 46.4 Å². The van der Waals surface area contributed by atoms with Gasteiger partial charge in [-0.3, -0.25) is 0 Å². The molecule has 1 aliphatic rings. The quantitative estimate of drug-likeness (QED) is 0.887. The Balaban J connectivity index is 2.16. The second kappa shape index (κ2) is 5.52. The average Bonchev–Trinajstić information content (AvgIpc) is 2.46. The first kappa shape index (κ1) is 13.6. The summed E-state index contributed by atoms with van der Waals surface area (Å²) in [6.07, 6.45) is 0. The second-order valence-corrected chi connectivity index (χ2v) is 5.54. The standard InChI is InChI=1S/C15H14Cl2N2O/c16-9-5-12(11-3-1-2-4-13(11)17)15-14(6-9)20-8-10(7-18)19-15/h1-6,10,19H,7-8,18H2/t10-/m0/s1. The predicted octanol–water partition coefficient (Wildman–Crippen LogP) is 3.79. The van der Waals surface area contributed by atoms with E-state index in [1.165, 1.54) is 0 Å². The number of nitrogens with one attached hydrogen (secondary N) is 1. The fraction of sp³-hybridized carbons (Fsp3) is 0.200. The Morgan fingerprint density at radius 1 is 1.20 bits per heavy atom. The molecule has 104 valence electrons. The van der Waals surface area contributed by atoms with Gasteiger partial charge < -0.3 is 15.8 Å². The monoisotopic (exact) mass is 308 g/mol. The van der Waals surface area contributed by atoms with Crippen LogP contribution < -0.4 is 15.8 Å². The molecule has 3 rings (SSSR count). The van der Waals surface area contributed by atoms with Gasteiger partial charge in [-0.2, -0.15) is 0 Å². The molecule has 1 heterocycles. The summed E-state index contributed by atoms with van der Waals surface area (Å²) in [6, 6.07) is 11.4. The van der Waals surface area contributed by atoms with Gasteiger partial charge in [-0.1, -0.05) is 41.4 Å². The lowest BCUT2D eigenvalue weighted by Gasteiger charge is -2.29. The van der Waals surface area contributed by atoms with Crippen LogP contribution in [-0.2, 0) is 0 Å². The van der Waals surface area contributed by atoms with Crippen molar-refractivity contribution in [2.45, 2.75) is 6.04 Å². The molecular weight excluding hydrogens is 295 g/mol. The minimum Gasteiger partial charge on any atom is -0.489 e. The van der Waals surface area contributed by atoms with E-state index < -0.39 is 0 Å². The minimum absolute atomic E-state index is 0.0879. The highest BCUT2D eigenvalue weighted by atomic mass is 35.5. The molecule has 0 spiro atoms. The zero-order chi connectivity index (χ0) is 14.1. The van der Waals surface area contributed by atoms with Gasteiger partial charge in [0.05, 0.1) is 11.7 Å². The summed E-state index contributed by atoms with van der Waals surface area (Å²) < 4.78 is 5.74. The van der Waals surface area contributed by atoms with E-state index in [2.05, 4.69) is 5.32 Å². The minimum atomic E-state index is 0.0879. The number of hydrogen-bond acceptors (Lipinski definition) is 3. The molecule has 0 fully saturated rings. The summed E-state index contributed by atoms with van der Waals surface area (Å²) in [5.74, 6) is 0.733. The molecule has 1 atom stereocenters. The predicted molar refractivity (Wildman–Crippen MR) is 83.9 cm³/mol. The number of hydrogen-bond donors (Lipinski definition) is 2. The topological polar surface area (TPSA) is 47.3 Å². The van der Waals surface area contributed by atoms with Gasteiger partial charge >= 0.3 is 0 Å². The summed E-state index contributed by atoms with van der Waals surface area (Å²) >= 11 is 12.5. The third kappa shape index (κ3) is 2.44. The summed E-state index contributed by atoms with van der Waals surface area (Å²) in [5.41, 5.74) is 8.45. The van der Waals surface area contributed by atoms with Crippen LogP contribution >= 0.6 is 23.2 Å². The lowest BCUT2D eigenvalue weighted by Crippen LogP contribution is -2.37. The molecule has 0 saturated heterocycles. The van der Waals surface area contributed by atoms with Crippen LogP contribution in [0.5, 0.6) is 5.75 Å². The Morgan fingerprint density at radius 3 is 2.75 bits per heavy atom. The van der Waals surface area contributed by atoms with E-state index in [9.17, 15) is 0 Å². The van der Waals surface area contributed by atoms with Crippen molar-refractivity contribution < 1.29 is 4.74 Å². The summed E-state index contributed by atoms with van der Waals surface area (Å²) in [7, 11) is 0. The van der Waals surface area contributed by atoms with Gasteiger partial charge in [0.15, 0.2) is 0 Å². The van der Waals surface area contributed by atoms with E-state index in [1.54, 1.807) is 6.07 Å². The van der Waals surface area contributed by atoms with Gasteiger partial charge in [0.25, 0.3) is 0 Å². The van der Waals surface area contributed by atoms with Crippen LogP contribution in [0.25, 0.3) is 11.1 Å². The fourth-order valence-corrected chi connectivity index (χ4v) is 2.75. The Hall–Kier alpha value is -1.42. The fourth-order valence-electron chi connectivity index (χ4n) is 2.30. The molecular formula is C15H14Cl2N2O. The highest BCUT2D eigenvalue weighted by Gasteiger charge is 2.22. The SMILES string of the molecule is NC[C@H]1COc2cc(Cl)cc(-c3ccccc3Cl)c2N1. The van der Waals surface area contributed by atoms with Crippen LogP contribution in [-0.4, -0.2) is 19.2 Å². The summed E-state index contributed by atoms with van der Waals surface area (Å²) in [4.78, 5) is 0. The molecule has 1 aliphatic heterocycles. The zero-order valence-electron chi connectivity index (χ0n) is 10.7. The van der Waals surface area contributed by atoms with E-state index in [-0.39, 0.29) is 6.04 Å². The van der Waals surface area contributed by atoms with Crippen molar-refractivity contribution in [3.63, 3.8) is 0 Å². The number of benzene rings is 2. The maximum Gasteiger partial charge on any atom is 0.144 e.